The molecule has 0 unspecified atom stereocenters. The molecule has 0 aliphatic carbocycles. The molecule has 28 heavy (non-hydrogen) atoms. The van der Waals surface area contributed by atoms with Crippen molar-refractivity contribution in [2.45, 2.75) is 13.1 Å². The summed E-state index contributed by atoms with van der Waals surface area (Å²) in [6.07, 6.45) is 1.56. The molecule has 6 heteroatoms. The van der Waals surface area contributed by atoms with E-state index in [1.807, 2.05) is 36.4 Å². The molecule has 0 fully saturated rings. The molecular weight excluding hydrogens is 359 g/mol. The van der Waals surface area contributed by atoms with Crippen LogP contribution >= 0.6 is 0 Å². The summed E-state index contributed by atoms with van der Waals surface area (Å²) in [5.74, 6) is 0.629. The van der Waals surface area contributed by atoms with Crippen molar-refractivity contribution in [2.24, 2.45) is 0 Å². The normalized spacial score (nSPS) is 10.8. The minimum atomic E-state index is -0.391. The molecule has 2 aromatic carbocycles. The first-order valence-electron chi connectivity index (χ1n) is 8.77. The summed E-state index contributed by atoms with van der Waals surface area (Å²) < 4.78 is 24.0. The van der Waals surface area contributed by atoms with Crippen molar-refractivity contribution in [1.82, 2.24) is 10.1 Å². The van der Waals surface area contributed by atoms with Gasteiger partial charge in [0.15, 0.2) is 5.76 Å². The molecule has 0 saturated heterocycles. The number of aromatic nitrogens is 1. The molecule has 2 heterocycles. The number of nitrogens with zero attached hydrogens (tertiary/aromatic N) is 2. The van der Waals surface area contributed by atoms with Gasteiger partial charge in [0.1, 0.15) is 17.3 Å². The van der Waals surface area contributed by atoms with Gasteiger partial charge in [-0.05, 0) is 36.4 Å². The van der Waals surface area contributed by atoms with E-state index in [2.05, 4.69) is 5.16 Å². The highest BCUT2D eigenvalue weighted by atomic mass is 19.1. The SMILES string of the molecule is O=C(c1ccc(F)cc1)N(Cc1cc(-c2ccccc2)on1)Cc1ccco1. The van der Waals surface area contributed by atoms with Crippen molar-refractivity contribution >= 4 is 5.91 Å². The van der Waals surface area contributed by atoms with E-state index >= 15 is 0 Å². The van der Waals surface area contributed by atoms with Gasteiger partial charge in [-0.2, -0.15) is 0 Å². The van der Waals surface area contributed by atoms with E-state index in [1.165, 1.54) is 24.3 Å². The van der Waals surface area contributed by atoms with Crippen LogP contribution in [0.25, 0.3) is 11.3 Å². The Bertz CT molecular complexity index is 1040. The van der Waals surface area contributed by atoms with Crippen molar-refractivity contribution in [3.63, 3.8) is 0 Å². The number of halogens is 1. The first kappa shape index (κ1) is 17.7. The Labute approximate surface area is 161 Å². The molecule has 140 valence electrons. The highest BCUT2D eigenvalue weighted by Gasteiger charge is 2.20. The number of hydrogen-bond donors (Lipinski definition) is 0. The minimum Gasteiger partial charge on any atom is -0.467 e. The Morgan fingerprint density at radius 1 is 0.964 bits per heavy atom. The minimum absolute atomic E-state index is 0.229. The molecular formula is C22H17FN2O3. The molecule has 5 nitrogen and oxygen atoms in total. The van der Waals surface area contributed by atoms with Gasteiger partial charge in [0.25, 0.3) is 5.91 Å². The second-order valence-corrected chi connectivity index (χ2v) is 6.30. The Balaban J connectivity index is 1.58. The fourth-order valence-electron chi connectivity index (χ4n) is 2.89. The summed E-state index contributed by atoms with van der Waals surface area (Å²) in [6, 6.07) is 20.4. The quantitative estimate of drug-likeness (QED) is 0.479. The lowest BCUT2D eigenvalue weighted by molar-refractivity contribution is 0.0713. The fraction of sp³-hybridized carbons (Fsp3) is 0.0909. The van der Waals surface area contributed by atoms with Crippen LogP contribution in [0.3, 0.4) is 0 Å². The van der Waals surface area contributed by atoms with Crippen molar-refractivity contribution < 1.29 is 18.1 Å². The van der Waals surface area contributed by atoms with Crippen molar-refractivity contribution in [2.75, 3.05) is 0 Å². The summed E-state index contributed by atoms with van der Waals surface area (Å²) >= 11 is 0. The molecule has 0 spiro atoms. The largest absolute Gasteiger partial charge is 0.467 e. The predicted octanol–water partition coefficient (Wildman–Crippen LogP) is 4.92. The molecule has 0 N–H and O–H groups in total. The summed E-state index contributed by atoms with van der Waals surface area (Å²) in [5, 5.41) is 4.09. The first-order chi connectivity index (χ1) is 13.7. The molecule has 0 aliphatic rings. The van der Waals surface area contributed by atoms with Crippen LogP contribution in [0.5, 0.6) is 0 Å². The molecule has 2 aromatic heterocycles. The maximum atomic E-state index is 13.2. The lowest BCUT2D eigenvalue weighted by Gasteiger charge is -2.20. The van der Waals surface area contributed by atoms with E-state index in [4.69, 9.17) is 8.94 Å². The maximum Gasteiger partial charge on any atom is 0.254 e. The average molecular weight is 376 g/mol. The average Bonchev–Trinajstić information content (AvgIpc) is 3.40. The van der Waals surface area contributed by atoms with Crippen molar-refractivity contribution in [1.29, 1.82) is 0 Å². The van der Waals surface area contributed by atoms with E-state index < -0.39 is 5.82 Å². The summed E-state index contributed by atoms with van der Waals surface area (Å²) in [5.41, 5.74) is 1.91. The third-order valence-corrected chi connectivity index (χ3v) is 4.28. The van der Waals surface area contributed by atoms with Crippen LogP contribution in [0.4, 0.5) is 4.39 Å². The number of carbonyl (C=O) groups excluding carboxylic acids is 1. The highest BCUT2D eigenvalue weighted by molar-refractivity contribution is 5.94. The van der Waals surface area contributed by atoms with E-state index in [9.17, 15) is 9.18 Å². The van der Waals surface area contributed by atoms with Crippen LogP contribution in [-0.2, 0) is 13.1 Å². The monoisotopic (exact) mass is 376 g/mol. The van der Waals surface area contributed by atoms with Gasteiger partial charge in [0.2, 0.25) is 0 Å². The van der Waals surface area contributed by atoms with E-state index in [1.54, 1.807) is 23.3 Å². The zero-order valence-electron chi connectivity index (χ0n) is 14.9. The van der Waals surface area contributed by atoms with Gasteiger partial charge < -0.3 is 13.8 Å². The maximum absolute atomic E-state index is 13.2. The molecule has 0 atom stereocenters. The molecule has 4 aromatic rings. The highest BCUT2D eigenvalue weighted by Crippen LogP contribution is 2.22. The summed E-state index contributed by atoms with van der Waals surface area (Å²) in [6.45, 7) is 0.490. The lowest BCUT2D eigenvalue weighted by atomic mass is 10.1. The molecule has 1 amide bonds. The van der Waals surface area contributed by atoms with Crippen molar-refractivity contribution in [3.05, 3.63) is 102 Å². The predicted molar refractivity (Wildman–Crippen MR) is 101 cm³/mol. The first-order valence-corrected chi connectivity index (χ1v) is 8.77. The zero-order chi connectivity index (χ0) is 19.3. The lowest BCUT2D eigenvalue weighted by Crippen LogP contribution is -2.30. The smallest absolute Gasteiger partial charge is 0.254 e. The third kappa shape index (κ3) is 4.01. The van der Waals surface area contributed by atoms with Gasteiger partial charge in [-0.3, -0.25) is 4.79 Å². The van der Waals surface area contributed by atoms with Crippen LogP contribution in [0.1, 0.15) is 21.8 Å². The topological polar surface area (TPSA) is 59.5 Å². The number of rotatable bonds is 6. The number of amides is 1. The Hall–Kier alpha value is -3.67. The van der Waals surface area contributed by atoms with Gasteiger partial charge in [-0.25, -0.2) is 4.39 Å². The molecule has 0 bridgehead atoms. The van der Waals surface area contributed by atoms with Gasteiger partial charge in [0, 0.05) is 17.2 Å². The van der Waals surface area contributed by atoms with Gasteiger partial charge in [0.05, 0.1) is 19.4 Å². The summed E-state index contributed by atoms with van der Waals surface area (Å²) in [7, 11) is 0. The standard InChI is InChI=1S/C22H17FN2O3/c23-18-10-8-17(9-11-18)22(26)25(15-20-7-4-12-27-20)14-19-13-21(28-24-19)16-5-2-1-3-6-16/h1-13H,14-15H2. The van der Waals surface area contributed by atoms with Crippen LogP contribution in [0, 0.1) is 5.82 Å². The van der Waals surface area contributed by atoms with Gasteiger partial charge in [-0.1, -0.05) is 35.5 Å². The molecule has 0 saturated carbocycles. The van der Waals surface area contributed by atoms with Crippen LogP contribution in [0.2, 0.25) is 0 Å². The van der Waals surface area contributed by atoms with Crippen LogP contribution in [-0.4, -0.2) is 16.0 Å². The number of furan rings is 1. The second-order valence-electron chi connectivity index (χ2n) is 6.30. The molecule has 0 aliphatic heterocycles. The summed E-state index contributed by atoms with van der Waals surface area (Å²) in [4.78, 5) is 14.5. The zero-order valence-corrected chi connectivity index (χ0v) is 14.9. The number of benzene rings is 2. The van der Waals surface area contributed by atoms with Crippen molar-refractivity contribution in [3.8, 4) is 11.3 Å². The number of hydrogen-bond acceptors (Lipinski definition) is 4. The molecule has 4 rings (SSSR count). The van der Waals surface area contributed by atoms with E-state index in [-0.39, 0.29) is 19.0 Å². The second kappa shape index (κ2) is 7.92. The van der Waals surface area contributed by atoms with E-state index in [0.717, 1.165) is 5.56 Å². The number of carbonyl (C=O) groups is 1. The Morgan fingerprint density at radius 3 is 2.46 bits per heavy atom. The third-order valence-electron chi connectivity index (χ3n) is 4.28. The van der Waals surface area contributed by atoms with E-state index in [0.29, 0.717) is 22.8 Å². The van der Waals surface area contributed by atoms with Gasteiger partial charge >= 0.3 is 0 Å². The fourth-order valence-corrected chi connectivity index (χ4v) is 2.89. The van der Waals surface area contributed by atoms with Crippen LogP contribution in [0.15, 0.2) is 88.0 Å². The molecule has 0 radical (unpaired) electrons. The Morgan fingerprint density at radius 2 is 1.75 bits per heavy atom. The van der Waals surface area contributed by atoms with Gasteiger partial charge in [-0.15, -0.1) is 0 Å². The van der Waals surface area contributed by atoms with Crippen LogP contribution < -0.4 is 0 Å². The Kier molecular flexibility index (Phi) is 5.01.